The van der Waals surface area contributed by atoms with Gasteiger partial charge < -0.3 is 16.4 Å². The summed E-state index contributed by atoms with van der Waals surface area (Å²) >= 11 is 0. The number of urea groups is 1. The van der Waals surface area contributed by atoms with Crippen LogP contribution in [0.15, 0.2) is 0 Å². The maximum absolute atomic E-state index is 10.7. The molecule has 0 bridgehead atoms. The molecular weight excluding hydrogens is 142 g/mol. The normalized spacial score (nSPS) is 28.9. The topological polar surface area (TPSA) is 67.2 Å². The molecule has 0 aromatic rings. The van der Waals surface area contributed by atoms with Crippen LogP contribution in [0.4, 0.5) is 4.79 Å². The zero-order valence-electron chi connectivity index (χ0n) is 6.76. The Morgan fingerprint density at radius 2 is 2.27 bits per heavy atom. The molecule has 1 saturated carbocycles. The molecule has 0 spiro atoms. The minimum Gasteiger partial charge on any atom is -0.341 e. The lowest BCUT2D eigenvalue weighted by Gasteiger charge is -2.32. The molecule has 2 amide bonds. The Hall–Kier alpha value is -0.770. The minimum atomic E-state index is -0.106. The van der Waals surface area contributed by atoms with E-state index in [-0.39, 0.29) is 6.03 Å². The molecule has 1 aliphatic rings. The van der Waals surface area contributed by atoms with E-state index in [1.165, 1.54) is 0 Å². The van der Waals surface area contributed by atoms with Crippen molar-refractivity contribution in [2.75, 3.05) is 13.6 Å². The predicted molar refractivity (Wildman–Crippen MR) is 43.2 cm³/mol. The molecule has 1 rings (SSSR count). The van der Waals surface area contributed by atoms with Crippen molar-refractivity contribution in [2.24, 2.45) is 11.7 Å². The van der Waals surface area contributed by atoms with Gasteiger partial charge in [-0.2, -0.15) is 0 Å². The van der Waals surface area contributed by atoms with Crippen molar-refractivity contribution < 1.29 is 4.79 Å². The molecule has 0 aromatic heterocycles. The third-order valence-corrected chi connectivity index (χ3v) is 2.05. The number of carbonyl (C=O) groups excluding carboxylic acids is 1. The van der Waals surface area contributed by atoms with Crippen LogP contribution in [0.1, 0.15) is 12.8 Å². The molecule has 1 fully saturated rings. The van der Waals surface area contributed by atoms with Crippen LogP contribution in [0, 0.1) is 5.92 Å². The fourth-order valence-corrected chi connectivity index (χ4v) is 1.28. The highest BCUT2D eigenvalue weighted by molar-refractivity contribution is 5.73. The van der Waals surface area contributed by atoms with Gasteiger partial charge in [-0.1, -0.05) is 0 Å². The Morgan fingerprint density at radius 3 is 2.73 bits per heavy atom. The largest absolute Gasteiger partial charge is 0.341 e. The number of nitrogens with one attached hydrogen (secondary N) is 2. The first-order valence-electron chi connectivity index (χ1n) is 3.93. The molecule has 4 nitrogen and oxygen atoms in total. The van der Waals surface area contributed by atoms with Gasteiger partial charge in [0, 0.05) is 19.6 Å². The number of nitrogens with two attached hydrogens (primary N) is 1. The van der Waals surface area contributed by atoms with Gasteiger partial charge in [0.1, 0.15) is 0 Å². The number of carbonyl (C=O) groups is 1. The third-order valence-electron chi connectivity index (χ3n) is 2.05. The Kier molecular flexibility index (Phi) is 2.70. The lowest BCUT2D eigenvalue weighted by molar-refractivity contribution is 0.226. The second kappa shape index (κ2) is 3.57. The average Bonchev–Trinajstić information content (AvgIpc) is 1.95. The number of amides is 2. The highest BCUT2D eigenvalue weighted by atomic mass is 16.2. The summed E-state index contributed by atoms with van der Waals surface area (Å²) in [6, 6.07) is 0.261. The highest BCUT2D eigenvalue weighted by Crippen LogP contribution is 2.24. The SMILES string of the molecule is CNC(=O)NCC1CC(N)C1. The van der Waals surface area contributed by atoms with E-state index in [1.54, 1.807) is 7.05 Å². The van der Waals surface area contributed by atoms with Gasteiger partial charge in [-0.25, -0.2) is 4.79 Å². The molecule has 0 atom stereocenters. The summed E-state index contributed by atoms with van der Waals surface area (Å²) in [5.74, 6) is 0.599. The van der Waals surface area contributed by atoms with Crippen molar-refractivity contribution in [3.05, 3.63) is 0 Å². The molecule has 0 heterocycles. The van der Waals surface area contributed by atoms with Crippen LogP contribution < -0.4 is 16.4 Å². The van der Waals surface area contributed by atoms with E-state index in [4.69, 9.17) is 5.73 Å². The molecule has 0 unspecified atom stereocenters. The fraction of sp³-hybridized carbons (Fsp3) is 0.857. The van der Waals surface area contributed by atoms with E-state index in [9.17, 15) is 4.79 Å². The second-order valence-corrected chi connectivity index (χ2v) is 3.06. The van der Waals surface area contributed by atoms with Crippen molar-refractivity contribution in [1.29, 1.82) is 0 Å². The predicted octanol–water partition coefficient (Wildman–Crippen LogP) is -0.347. The first-order chi connectivity index (χ1) is 5.22. The van der Waals surface area contributed by atoms with Crippen molar-refractivity contribution in [2.45, 2.75) is 18.9 Å². The molecule has 11 heavy (non-hydrogen) atoms. The van der Waals surface area contributed by atoms with Crippen LogP contribution in [0.3, 0.4) is 0 Å². The third kappa shape index (κ3) is 2.38. The molecule has 4 heteroatoms. The highest BCUT2D eigenvalue weighted by Gasteiger charge is 2.25. The zero-order valence-corrected chi connectivity index (χ0v) is 6.76. The second-order valence-electron chi connectivity index (χ2n) is 3.06. The van der Waals surface area contributed by atoms with E-state index < -0.39 is 0 Å². The molecule has 0 aliphatic heterocycles. The summed E-state index contributed by atoms with van der Waals surface area (Å²) in [6.07, 6.45) is 2.09. The van der Waals surface area contributed by atoms with E-state index in [0.717, 1.165) is 19.4 Å². The summed E-state index contributed by atoms with van der Waals surface area (Å²) in [7, 11) is 1.61. The van der Waals surface area contributed by atoms with E-state index in [1.807, 2.05) is 0 Å². The van der Waals surface area contributed by atoms with Crippen molar-refractivity contribution in [3.63, 3.8) is 0 Å². The van der Waals surface area contributed by atoms with Crippen LogP contribution in [-0.4, -0.2) is 25.7 Å². The Bertz CT molecular complexity index is 143. The first-order valence-corrected chi connectivity index (χ1v) is 3.93. The molecule has 0 radical (unpaired) electrons. The number of hydrogen-bond acceptors (Lipinski definition) is 2. The molecule has 0 aromatic carbocycles. The summed E-state index contributed by atoms with van der Waals surface area (Å²) < 4.78 is 0. The molecule has 4 N–H and O–H groups in total. The van der Waals surface area contributed by atoms with Gasteiger partial charge in [0.25, 0.3) is 0 Å². The van der Waals surface area contributed by atoms with Gasteiger partial charge in [-0.05, 0) is 18.8 Å². The van der Waals surface area contributed by atoms with Crippen molar-refractivity contribution in [1.82, 2.24) is 10.6 Å². The maximum Gasteiger partial charge on any atom is 0.314 e. The van der Waals surface area contributed by atoms with E-state index in [0.29, 0.717) is 12.0 Å². The van der Waals surface area contributed by atoms with Gasteiger partial charge in [-0.3, -0.25) is 0 Å². The molecule has 64 valence electrons. The lowest BCUT2D eigenvalue weighted by Crippen LogP contribution is -2.44. The minimum absolute atomic E-state index is 0.106. The van der Waals surface area contributed by atoms with Gasteiger partial charge in [0.05, 0.1) is 0 Å². The number of hydrogen-bond donors (Lipinski definition) is 3. The Morgan fingerprint density at radius 1 is 1.64 bits per heavy atom. The summed E-state index contributed by atoms with van der Waals surface area (Å²) in [5, 5.41) is 5.25. The first kappa shape index (κ1) is 8.33. The van der Waals surface area contributed by atoms with Crippen molar-refractivity contribution >= 4 is 6.03 Å². The fourth-order valence-electron chi connectivity index (χ4n) is 1.28. The maximum atomic E-state index is 10.7. The molecule has 1 aliphatic carbocycles. The Labute approximate surface area is 66.5 Å². The molecular formula is C7H15N3O. The summed E-state index contributed by atoms with van der Waals surface area (Å²) in [6.45, 7) is 0.757. The van der Waals surface area contributed by atoms with Crippen LogP contribution >= 0.6 is 0 Å². The zero-order chi connectivity index (χ0) is 8.27. The van der Waals surface area contributed by atoms with Crippen molar-refractivity contribution in [3.8, 4) is 0 Å². The quantitative estimate of drug-likeness (QED) is 0.513. The van der Waals surface area contributed by atoms with Gasteiger partial charge >= 0.3 is 6.03 Å². The molecule has 0 saturated heterocycles. The van der Waals surface area contributed by atoms with Crippen LogP contribution in [0.2, 0.25) is 0 Å². The standard InChI is InChI=1S/C7H15N3O/c1-9-7(11)10-4-5-2-6(8)3-5/h5-6H,2-4,8H2,1H3,(H2,9,10,11). The van der Waals surface area contributed by atoms with Crippen LogP contribution in [-0.2, 0) is 0 Å². The van der Waals surface area contributed by atoms with Crippen LogP contribution in [0.5, 0.6) is 0 Å². The van der Waals surface area contributed by atoms with Crippen LogP contribution in [0.25, 0.3) is 0 Å². The number of rotatable bonds is 2. The smallest absolute Gasteiger partial charge is 0.314 e. The average molecular weight is 157 g/mol. The summed E-state index contributed by atoms with van der Waals surface area (Å²) in [4.78, 5) is 10.7. The van der Waals surface area contributed by atoms with Gasteiger partial charge in [0.2, 0.25) is 0 Å². The monoisotopic (exact) mass is 157 g/mol. The van der Waals surface area contributed by atoms with Gasteiger partial charge in [0.15, 0.2) is 0 Å². The van der Waals surface area contributed by atoms with E-state index >= 15 is 0 Å². The van der Waals surface area contributed by atoms with Gasteiger partial charge in [-0.15, -0.1) is 0 Å². The summed E-state index contributed by atoms with van der Waals surface area (Å²) in [5.41, 5.74) is 5.58. The lowest BCUT2D eigenvalue weighted by atomic mass is 9.81. The van der Waals surface area contributed by atoms with E-state index in [2.05, 4.69) is 10.6 Å². The Balaban J connectivity index is 2.00.